The van der Waals surface area contributed by atoms with Crippen molar-refractivity contribution in [3.8, 4) is 11.3 Å². The van der Waals surface area contributed by atoms with Crippen molar-refractivity contribution >= 4 is 11.8 Å². The molecule has 7 heteroatoms. The topological polar surface area (TPSA) is 77.7 Å². The molecule has 2 aliphatic heterocycles. The molecular formula is C29H33N3O4. The molecule has 3 aliphatic rings. The number of benzene rings is 1. The number of carbonyl (C=O) groups excluding carboxylic acids is 1. The average Bonchev–Trinajstić information content (AvgIpc) is 3.59. The van der Waals surface area contributed by atoms with Gasteiger partial charge in [0.15, 0.2) is 0 Å². The molecule has 3 fully saturated rings. The zero-order chi connectivity index (χ0) is 24.8. The molecule has 0 N–H and O–H groups in total. The number of anilines is 1. The Hall–Kier alpha value is -3.19. The maximum Gasteiger partial charge on any atom is 0.339 e. The normalized spacial score (nSPS) is 23.2. The Morgan fingerprint density at radius 2 is 1.83 bits per heavy atom. The molecule has 3 aromatic rings. The minimum atomic E-state index is -0.342. The number of esters is 1. The van der Waals surface area contributed by atoms with Crippen LogP contribution in [0.1, 0.15) is 77.3 Å². The highest BCUT2D eigenvalue weighted by Gasteiger charge is 2.42. The molecule has 1 aliphatic carbocycles. The van der Waals surface area contributed by atoms with E-state index >= 15 is 0 Å². The lowest BCUT2D eigenvalue weighted by Gasteiger charge is -2.39. The van der Waals surface area contributed by atoms with Gasteiger partial charge >= 0.3 is 5.97 Å². The summed E-state index contributed by atoms with van der Waals surface area (Å²) in [7, 11) is 1.40. The van der Waals surface area contributed by atoms with Crippen LogP contribution >= 0.6 is 0 Å². The maximum absolute atomic E-state index is 12.0. The number of nitrogens with zero attached hydrogens (tertiary/aromatic N) is 3. The Morgan fingerprint density at radius 1 is 1.08 bits per heavy atom. The summed E-state index contributed by atoms with van der Waals surface area (Å²) in [5, 5.41) is 4.50. The van der Waals surface area contributed by atoms with Crippen LogP contribution in [-0.4, -0.2) is 41.4 Å². The Kier molecular flexibility index (Phi) is 6.04. The third kappa shape index (κ3) is 4.19. The monoisotopic (exact) mass is 487 g/mol. The van der Waals surface area contributed by atoms with Crippen molar-refractivity contribution in [3.63, 3.8) is 0 Å². The van der Waals surface area contributed by atoms with Crippen LogP contribution < -0.4 is 4.90 Å². The van der Waals surface area contributed by atoms with E-state index in [2.05, 4.69) is 46.2 Å². The van der Waals surface area contributed by atoms with Crippen LogP contribution in [-0.2, 0) is 16.1 Å². The molecule has 2 bridgehead atoms. The quantitative estimate of drug-likeness (QED) is 0.394. The predicted octanol–water partition coefficient (Wildman–Crippen LogP) is 5.73. The second-order valence-corrected chi connectivity index (χ2v) is 10.5. The number of carbonyl (C=O) groups is 1. The van der Waals surface area contributed by atoms with E-state index in [1.807, 2.05) is 13.0 Å². The van der Waals surface area contributed by atoms with Crippen molar-refractivity contribution in [2.24, 2.45) is 0 Å². The largest absolute Gasteiger partial charge is 0.465 e. The molecule has 4 heterocycles. The number of ether oxygens (including phenoxy) is 2. The van der Waals surface area contributed by atoms with Gasteiger partial charge in [-0.1, -0.05) is 29.4 Å². The van der Waals surface area contributed by atoms with Crippen molar-refractivity contribution < 1.29 is 18.8 Å². The lowest BCUT2D eigenvalue weighted by atomic mass is 9.98. The van der Waals surface area contributed by atoms with E-state index in [1.165, 1.54) is 25.5 Å². The van der Waals surface area contributed by atoms with Gasteiger partial charge in [-0.05, 0) is 69.6 Å². The molecule has 36 heavy (non-hydrogen) atoms. The second-order valence-electron chi connectivity index (χ2n) is 10.5. The number of aryl methyl sites for hydroxylation is 2. The molecule has 1 saturated carbocycles. The first-order chi connectivity index (χ1) is 17.5. The number of hydrogen-bond donors (Lipinski definition) is 0. The molecule has 3 atom stereocenters. The van der Waals surface area contributed by atoms with Crippen LogP contribution in [0.3, 0.4) is 0 Å². The van der Waals surface area contributed by atoms with E-state index in [0.29, 0.717) is 30.2 Å². The fourth-order valence-corrected chi connectivity index (χ4v) is 6.02. The van der Waals surface area contributed by atoms with E-state index in [1.54, 1.807) is 6.20 Å². The van der Waals surface area contributed by atoms with E-state index < -0.39 is 0 Å². The third-order valence-electron chi connectivity index (χ3n) is 8.09. The summed E-state index contributed by atoms with van der Waals surface area (Å²) in [6.07, 6.45) is 8.40. The van der Waals surface area contributed by atoms with Crippen molar-refractivity contribution in [1.82, 2.24) is 10.1 Å². The summed E-state index contributed by atoms with van der Waals surface area (Å²) in [6.45, 7) is 4.60. The van der Waals surface area contributed by atoms with Gasteiger partial charge in [0.05, 0.1) is 25.4 Å². The fraction of sp³-hybridized carbons (Fsp3) is 0.483. The van der Waals surface area contributed by atoms with E-state index in [9.17, 15) is 4.79 Å². The van der Waals surface area contributed by atoms with Gasteiger partial charge in [0, 0.05) is 35.3 Å². The van der Waals surface area contributed by atoms with Crippen molar-refractivity contribution in [3.05, 3.63) is 64.5 Å². The summed E-state index contributed by atoms with van der Waals surface area (Å²) < 4.78 is 17.3. The third-order valence-corrected chi connectivity index (χ3v) is 8.09. The first kappa shape index (κ1) is 23.2. The Balaban J connectivity index is 1.18. The predicted molar refractivity (Wildman–Crippen MR) is 136 cm³/mol. The van der Waals surface area contributed by atoms with Gasteiger partial charge in [0.1, 0.15) is 17.3 Å². The summed E-state index contributed by atoms with van der Waals surface area (Å²) in [5.41, 5.74) is 5.79. The van der Waals surface area contributed by atoms with Crippen LogP contribution in [0, 0.1) is 13.8 Å². The Bertz CT molecular complexity index is 1270. The molecule has 1 aromatic carbocycles. The molecule has 0 amide bonds. The van der Waals surface area contributed by atoms with Gasteiger partial charge in [-0.3, -0.25) is 0 Å². The van der Waals surface area contributed by atoms with Crippen LogP contribution in [0.4, 0.5) is 5.82 Å². The lowest BCUT2D eigenvalue weighted by Crippen LogP contribution is -2.46. The first-order valence-electron chi connectivity index (χ1n) is 13.0. The van der Waals surface area contributed by atoms with Gasteiger partial charge in [0.2, 0.25) is 0 Å². The lowest BCUT2D eigenvalue weighted by molar-refractivity contribution is 0.0146. The van der Waals surface area contributed by atoms with E-state index in [4.69, 9.17) is 14.0 Å². The van der Waals surface area contributed by atoms with Crippen LogP contribution in [0.5, 0.6) is 0 Å². The molecule has 2 unspecified atom stereocenters. The van der Waals surface area contributed by atoms with Crippen molar-refractivity contribution in [1.29, 1.82) is 0 Å². The molecule has 2 saturated heterocycles. The van der Waals surface area contributed by atoms with Crippen molar-refractivity contribution in [2.75, 3.05) is 12.0 Å². The van der Waals surface area contributed by atoms with E-state index in [0.717, 1.165) is 59.6 Å². The van der Waals surface area contributed by atoms with Gasteiger partial charge in [0.25, 0.3) is 0 Å². The molecule has 188 valence electrons. The number of fused-ring (bicyclic) bond motifs is 2. The summed E-state index contributed by atoms with van der Waals surface area (Å²) in [4.78, 5) is 19.1. The minimum Gasteiger partial charge on any atom is -0.465 e. The van der Waals surface area contributed by atoms with Crippen LogP contribution in [0.15, 0.2) is 41.1 Å². The number of aromatic nitrogens is 2. The zero-order valence-electron chi connectivity index (χ0n) is 21.2. The molecule has 6 rings (SSSR count). The van der Waals surface area contributed by atoms with Crippen LogP contribution in [0.2, 0.25) is 0 Å². The van der Waals surface area contributed by atoms with Gasteiger partial charge in [-0.2, -0.15) is 0 Å². The average molecular weight is 488 g/mol. The number of hydrogen-bond acceptors (Lipinski definition) is 7. The maximum atomic E-state index is 12.0. The summed E-state index contributed by atoms with van der Waals surface area (Å²) in [5.74, 6) is 2.10. The van der Waals surface area contributed by atoms with Crippen LogP contribution in [0.25, 0.3) is 11.3 Å². The highest BCUT2D eigenvalue weighted by molar-refractivity contribution is 5.90. The first-order valence-corrected chi connectivity index (χ1v) is 13.0. The molecular weight excluding hydrogens is 454 g/mol. The smallest absolute Gasteiger partial charge is 0.339 e. The molecule has 2 aromatic heterocycles. The van der Waals surface area contributed by atoms with E-state index in [-0.39, 0.29) is 12.1 Å². The van der Waals surface area contributed by atoms with Gasteiger partial charge in [-0.25, -0.2) is 9.78 Å². The number of rotatable bonds is 7. The van der Waals surface area contributed by atoms with Crippen molar-refractivity contribution in [2.45, 2.75) is 83.1 Å². The summed E-state index contributed by atoms with van der Waals surface area (Å²) >= 11 is 0. The Morgan fingerprint density at radius 3 is 2.50 bits per heavy atom. The number of methoxy groups -OCH3 is 1. The minimum absolute atomic E-state index is 0.195. The highest BCUT2D eigenvalue weighted by Crippen LogP contribution is 2.45. The van der Waals surface area contributed by atoms with Gasteiger partial charge in [-0.15, -0.1) is 0 Å². The molecule has 0 spiro atoms. The fourth-order valence-electron chi connectivity index (χ4n) is 6.02. The van der Waals surface area contributed by atoms with Gasteiger partial charge < -0.3 is 18.9 Å². The summed E-state index contributed by atoms with van der Waals surface area (Å²) in [6, 6.07) is 11.2. The number of pyridine rings is 1. The highest BCUT2D eigenvalue weighted by atomic mass is 16.5. The molecule has 0 radical (unpaired) electrons. The number of piperidine rings is 1. The molecule has 7 nitrogen and oxygen atoms in total. The SMILES string of the molecule is COC(=O)c1cnc(N2C3CC[C@H]2CC(OCc2c(-c4ccccc4C)noc2C2CC2)C3)cc1C. The zero-order valence-corrected chi connectivity index (χ0v) is 21.2. The standard InChI is InChI=1S/C29H33N3O4/c1-17-6-4-5-7-23(17)27-25(28(36-31-27)19-8-9-19)16-35-22-13-20-10-11-21(14-22)32(20)26-12-18(2)24(15-30-26)29(33)34-3/h4-7,12,15,19-22H,8-11,13-14,16H2,1-3H3/t20-,21?,22?/m0/s1. The second kappa shape index (κ2) is 9.36. The Labute approximate surface area is 211 Å².